The van der Waals surface area contributed by atoms with Crippen molar-refractivity contribution in [1.82, 2.24) is 10.3 Å². The van der Waals surface area contributed by atoms with E-state index in [-0.39, 0.29) is 0 Å². The van der Waals surface area contributed by atoms with Gasteiger partial charge < -0.3 is 10.2 Å². The lowest BCUT2D eigenvalue weighted by Gasteiger charge is -2.33. The van der Waals surface area contributed by atoms with E-state index in [0.29, 0.717) is 6.04 Å². The highest BCUT2D eigenvalue weighted by Crippen LogP contribution is 2.27. The summed E-state index contributed by atoms with van der Waals surface area (Å²) < 4.78 is 1.12. The van der Waals surface area contributed by atoms with Crippen LogP contribution in [0.3, 0.4) is 0 Å². The number of halogens is 1. The number of piperazine rings is 1. The third-order valence-corrected chi connectivity index (χ3v) is 3.71. The van der Waals surface area contributed by atoms with Gasteiger partial charge in [0.1, 0.15) is 5.82 Å². The topological polar surface area (TPSA) is 28.2 Å². The van der Waals surface area contributed by atoms with Crippen molar-refractivity contribution in [3.8, 4) is 0 Å². The summed E-state index contributed by atoms with van der Waals surface area (Å²) in [4.78, 5) is 6.78. The average Bonchev–Trinajstić information content (AvgIpc) is 2.22. The first-order valence-corrected chi connectivity index (χ1v) is 6.07. The zero-order chi connectivity index (χ0) is 10.8. The molecule has 1 aromatic heterocycles. The maximum absolute atomic E-state index is 4.45. The molecule has 2 rings (SSSR count). The molecular formula is C11H16BrN3. The fourth-order valence-corrected chi connectivity index (χ4v) is 2.36. The van der Waals surface area contributed by atoms with Crippen LogP contribution in [0, 0.1) is 6.92 Å². The molecule has 1 unspecified atom stereocenters. The maximum atomic E-state index is 4.45. The lowest BCUT2D eigenvalue weighted by molar-refractivity contribution is 0.482. The molecule has 1 saturated heterocycles. The van der Waals surface area contributed by atoms with Gasteiger partial charge in [-0.25, -0.2) is 4.98 Å². The van der Waals surface area contributed by atoms with Crippen molar-refractivity contribution in [2.24, 2.45) is 0 Å². The molecule has 0 aliphatic carbocycles. The Morgan fingerprint density at radius 3 is 3.13 bits per heavy atom. The number of aromatic nitrogens is 1. The first kappa shape index (κ1) is 10.9. The standard InChI is InChI=1S/C11H16BrN3/c1-8-3-4-14-11(10(8)12)15-6-5-13-9(2)7-15/h3-4,9,13H,5-7H2,1-2H3. The SMILES string of the molecule is Cc1ccnc(N2CCNC(C)C2)c1Br. The summed E-state index contributed by atoms with van der Waals surface area (Å²) in [5, 5.41) is 3.43. The zero-order valence-electron chi connectivity index (χ0n) is 9.13. The molecule has 1 fully saturated rings. The summed E-state index contributed by atoms with van der Waals surface area (Å²) in [6, 6.07) is 2.56. The molecular weight excluding hydrogens is 254 g/mol. The Labute approximate surface area is 99.0 Å². The van der Waals surface area contributed by atoms with Gasteiger partial charge in [0.05, 0.1) is 4.47 Å². The second-order valence-electron chi connectivity index (χ2n) is 4.07. The first-order chi connectivity index (χ1) is 7.18. The summed E-state index contributed by atoms with van der Waals surface area (Å²) in [6.45, 7) is 7.38. The molecule has 2 heterocycles. The van der Waals surface area contributed by atoms with Crippen molar-refractivity contribution in [2.45, 2.75) is 19.9 Å². The molecule has 0 spiro atoms. The highest BCUT2D eigenvalue weighted by atomic mass is 79.9. The minimum absolute atomic E-state index is 0.535. The minimum atomic E-state index is 0.535. The van der Waals surface area contributed by atoms with Gasteiger partial charge in [-0.1, -0.05) is 0 Å². The van der Waals surface area contributed by atoms with Gasteiger partial charge in [-0.15, -0.1) is 0 Å². The van der Waals surface area contributed by atoms with Gasteiger partial charge in [-0.3, -0.25) is 0 Å². The van der Waals surface area contributed by atoms with Gasteiger partial charge in [0, 0.05) is 31.9 Å². The van der Waals surface area contributed by atoms with Crippen LogP contribution in [0.5, 0.6) is 0 Å². The molecule has 1 aliphatic heterocycles. The van der Waals surface area contributed by atoms with Crippen molar-refractivity contribution in [1.29, 1.82) is 0 Å². The number of hydrogen-bond acceptors (Lipinski definition) is 3. The summed E-state index contributed by atoms with van der Waals surface area (Å²) >= 11 is 3.61. The monoisotopic (exact) mass is 269 g/mol. The van der Waals surface area contributed by atoms with Gasteiger partial charge in [-0.2, -0.15) is 0 Å². The molecule has 4 heteroatoms. The molecule has 15 heavy (non-hydrogen) atoms. The van der Waals surface area contributed by atoms with Crippen molar-refractivity contribution in [2.75, 3.05) is 24.5 Å². The van der Waals surface area contributed by atoms with E-state index >= 15 is 0 Å². The second kappa shape index (κ2) is 4.49. The summed E-state index contributed by atoms with van der Waals surface area (Å²) in [5.41, 5.74) is 1.24. The number of nitrogens with one attached hydrogen (secondary N) is 1. The lowest BCUT2D eigenvalue weighted by atomic mass is 10.2. The predicted octanol–water partition coefficient (Wildman–Crippen LogP) is 1.95. The number of aryl methyl sites for hydroxylation is 1. The van der Waals surface area contributed by atoms with E-state index in [9.17, 15) is 0 Å². The number of hydrogen-bond donors (Lipinski definition) is 1. The normalized spacial score (nSPS) is 21.8. The molecule has 82 valence electrons. The Morgan fingerprint density at radius 2 is 2.40 bits per heavy atom. The predicted molar refractivity (Wildman–Crippen MR) is 66.4 cm³/mol. The third-order valence-electron chi connectivity index (χ3n) is 2.73. The van der Waals surface area contributed by atoms with E-state index in [2.05, 4.69) is 45.0 Å². The summed E-state index contributed by atoms with van der Waals surface area (Å²) in [7, 11) is 0. The van der Waals surface area contributed by atoms with Crippen LogP contribution >= 0.6 is 15.9 Å². The average molecular weight is 270 g/mol. The van der Waals surface area contributed by atoms with Crippen LogP contribution in [-0.4, -0.2) is 30.7 Å². The van der Waals surface area contributed by atoms with Crippen LogP contribution in [0.25, 0.3) is 0 Å². The Morgan fingerprint density at radius 1 is 1.60 bits per heavy atom. The van der Waals surface area contributed by atoms with Gasteiger partial charge in [0.2, 0.25) is 0 Å². The highest BCUT2D eigenvalue weighted by molar-refractivity contribution is 9.10. The van der Waals surface area contributed by atoms with Crippen LogP contribution in [0.2, 0.25) is 0 Å². The molecule has 1 aliphatic rings. The smallest absolute Gasteiger partial charge is 0.143 e. The number of rotatable bonds is 1. The largest absolute Gasteiger partial charge is 0.353 e. The molecule has 1 aromatic rings. The molecule has 0 radical (unpaired) electrons. The fourth-order valence-electron chi connectivity index (χ4n) is 1.87. The Hall–Kier alpha value is -0.610. The maximum Gasteiger partial charge on any atom is 0.143 e. The van der Waals surface area contributed by atoms with Crippen molar-refractivity contribution >= 4 is 21.7 Å². The highest BCUT2D eigenvalue weighted by Gasteiger charge is 2.19. The third kappa shape index (κ3) is 2.32. The van der Waals surface area contributed by atoms with E-state index in [0.717, 1.165) is 29.9 Å². The van der Waals surface area contributed by atoms with Crippen LogP contribution in [0.1, 0.15) is 12.5 Å². The molecule has 1 N–H and O–H groups in total. The van der Waals surface area contributed by atoms with Gasteiger partial charge >= 0.3 is 0 Å². The number of anilines is 1. The van der Waals surface area contributed by atoms with Crippen LogP contribution in [-0.2, 0) is 0 Å². The van der Waals surface area contributed by atoms with Gasteiger partial charge in [0.15, 0.2) is 0 Å². The molecule has 3 nitrogen and oxygen atoms in total. The Balaban J connectivity index is 2.24. The molecule has 0 amide bonds. The van der Waals surface area contributed by atoms with Crippen molar-refractivity contribution in [3.05, 3.63) is 22.3 Å². The second-order valence-corrected chi connectivity index (χ2v) is 4.86. The number of pyridine rings is 1. The van der Waals surface area contributed by atoms with E-state index in [4.69, 9.17) is 0 Å². The Bertz CT molecular complexity index is 354. The van der Waals surface area contributed by atoms with E-state index < -0.39 is 0 Å². The molecule has 0 bridgehead atoms. The first-order valence-electron chi connectivity index (χ1n) is 5.28. The van der Waals surface area contributed by atoms with Crippen molar-refractivity contribution < 1.29 is 0 Å². The zero-order valence-corrected chi connectivity index (χ0v) is 10.7. The van der Waals surface area contributed by atoms with Crippen LogP contribution in [0.15, 0.2) is 16.7 Å². The summed E-state index contributed by atoms with van der Waals surface area (Å²) in [6.07, 6.45) is 1.88. The molecule has 1 atom stereocenters. The number of nitrogens with zero attached hydrogens (tertiary/aromatic N) is 2. The van der Waals surface area contributed by atoms with E-state index in [1.54, 1.807) is 0 Å². The van der Waals surface area contributed by atoms with Gasteiger partial charge in [-0.05, 0) is 41.4 Å². The quantitative estimate of drug-likeness (QED) is 0.845. The minimum Gasteiger partial charge on any atom is -0.353 e. The van der Waals surface area contributed by atoms with Gasteiger partial charge in [0.25, 0.3) is 0 Å². The lowest BCUT2D eigenvalue weighted by Crippen LogP contribution is -2.49. The van der Waals surface area contributed by atoms with E-state index in [1.807, 2.05) is 12.3 Å². The van der Waals surface area contributed by atoms with Crippen molar-refractivity contribution in [3.63, 3.8) is 0 Å². The summed E-state index contributed by atoms with van der Waals surface area (Å²) in [5.74, 6) is 1.07. The van der Waals surface area contributed by atoms with Crippen LogP contribution in [0.4, 0.5) is 5.82 Å². The van der Waals surface area contributed by atoms with E-state index in [1.165, 1.54) is 5.56 Å². The van der Waals surface area contributed by atoms with Crippen LogP contribution < -0.4 is 10.2 Å². The Kier molecular flexibility index (Phi) is 3.26. The molecule has 0 saturated carbocycles. The fraction of sp³-hybridized carbons (Fsp3) is 0.545. The molecule has 0 aromatic carbocycles.